The highest BCUT2D eigenvalue weighted by molar-refractivity contribution is 5.83. The molecular weight excluding hydrogens is 320 g/mol. The summed E-state index contributed by atoms with van der Waals surface area (Å²) in [6.07, 6.45) is -0.660. The zero-order valence-electron chi connectivity index (χ0n) is 15.9. The molecule has 0 aliphatic carbocycles. The van der Waals surface area contributed by atoms with E-state index in [9.17, 15) is 14.7 Å². The molecule has 0 unspecified atom stereocenters. The molecule has 1 rings (SSSR count). The molecule has 1 aromatic carbocycles. The van der Waals surface area contributed by atoms with E-state index in [1.54, 1.807) is 11.8 Å². The molecule has 6 nitrogen and oxygen atoms in total. The average molecular weight is 350 g/mol. The van der Waals surface area contributed by atoms with Gasteiger partial charge < -0.3 is 20.1 Å². The van der Waals surface area contributed by atoms with Crippen LogP contribution >= 0.6 is 0 Å². The summed E-state index contributed by atoms with van der Waals surface area (Å²) in [5.74, 6) is -1.12. The standard InChI is InChI=1S/C19H30N2O4/c1-13(2)21(12-15-10-8-7-9-11-15)18(24)20-16(17(22)23)14(3)25-19(4,5)6/h7-11,13-14,16H,12H2,1-6H3,(H,20,24)(H,22,23)/t14-,16+/m1/s1. The molecule has 0 fully saturated rings. The molecule has 0 saturated carbocycles. The van der Waals surface area contributed by atoms with Crippen LogP contribution in [0.15, 0.2) is 30.3 Å². The molecule has 2 N–H and O–H groups in total. The van der Waals surface area contributed by atoms with Gasteiger partial charge in [0, 0.05) is 12.6 Å². The van der Waals surface area contributed by atoms with Crippen LogP contribution in [0.3, 0.4) is 0 Å². The first-order chi connectivity index (χ1) is 11.5. The number of carboxylic acids is 1. The van der Waals surface area contributed by atoms with Crippen LogP contribution in [0.5, 0.6) is 0 Å². The van der Waals surface area contributed by atoms with Crippen LogP contribution in [0.4, 0.5) is 4.79 Å². The first-order valence-electron chi connectivity index (χ1n) is 8.53. The summed E-state index contributed by atoms with van der Waals surface area (Å²) >= 11 is 0. The number of benzene rings is 1. The third kappa shape index (κ3) is 7.13. The number of hydrogen-bond donors (Lipinski definition) is 2. The molecule has 0 saturated heterocycles. The molecule has 1 aromatic rings. The summed E-state index contributed by atoms with van der Waals surface area (Å²) in [4.78, 5) is 25.9. The van der Waals surface area contributed by atoms with E-state index in [-0.39, 0.29) is 6.04 Å². The second-order valence-electron chi connectivity index (χ2n) is 7.41. The van der Waals surface area contributed by atoms with Crippen molar-refractivity contribution in [3.05, 3.63) is 35.9 Å². The van der Waals surface area contributed by atoms with E-state index in [4.69, 9.17) is 4.74 Å². The van der Waals surface area contributed by atoms with Crippen LogP contribution < -0.4 is 5.32 Å². The van der Waals surface area contributed by atoms with Crippen LogP contribution in [-0.4, -0.2) is 45.8 Å². The second kappa shape index (κ2) is 8.85. The van der Waals surface area contributed by atoms with Crippen LogP contribution in [-0.2, 0) is 16.1 Å². The van der Waals surface area contributed by atoms with Gasteiger partial charge in [-0.25, -0.2) is 9.59 Å². The summed E-state index contributed by atoms with van der Waals surface area (Å²) in [6, 6.07) is 7.98. The first kappa shape index (κ1) is 21.0. The molecule has 2 amide bonds. The predicted octanol–water partition coefficient (Wildman–Crippen LogP) is 3.26. The number of aliphatic carboxylic acids is 1. The van der Waals surface area contributed by atoms with Crippen molar-refractivity contribution in [2.45, 2.75) is 71.9 Å². The number of carbonyl (C=O) groups excluding carboxylic acids is 1. The lowest BCUT2D eigenvalue weighted by Crippen LogP contribution is -2.55. The third-order valence-corrected chi connectivity index (χ3v) is 3.63. The topological polar surface area (TPSA) is 78.9 Å². The van der Waals surface area contributed by atoms with Crippen molar-refractivity contribution >= 4 is 12.0 Å². The molecule has 0 heterocycles. The molecule has 0 spiro atoms. The van der Waals surface area contributed by atoms with Gasteiger partial charge >= 0.3 is 12.0 Å². The van der Waals surface area contributed by atoms with E-state index in [1.165, 1.54) is 0 Å². The number of carbonyl (C=O) groups is 2. The molecule has 2 atom stereocenters. The van der Waals surface area contributed by atoms with Gasteiger partial charge in [-0.15, -0.1) is 0 Å². The van der Waals surface area contributed by atoms with Crippen LogP contribution in [0.2, 0.25) is 0 Å². The minimum Gasteiger partial charge on any atom is -0.480 e. The van der Waals surface area contributed by atoms with Crippen molar-refractivity contribution in [3.8, 4) is 0 Å². The van der Waals surface area contributed by atoms with Gasteiger partial charge in [0.25, 0.3) is 0 Å². The highest BCUT2D eigenvalue weighted by Crippen LogP contribution is 2.14. The molecular formula is C19H30N2O4. The van der Waals surface area contributed by atoms with Gasteiger partial charge in [-0.05, 0) is 47.1 Å². The van der Waals surface area contributed by atoms with Crippen molar-refractivity contribution in [1.29, 1.82) is 0 Å². The Kier molecular flexibility index (Phi) is 7.42. The van der Waals surface area contributed by atoms with Gasteiger partial charge in [0.1, 0.15) is 0 Å². The number of amides is 2. The number of urea groups is 1. The van der Waals surface area contributed by atoms with E-state index in [1.807, 2.05) is 65.0 Å². The molecule has 6 heteroatoms. The molecule has 0 aliphatic heterocycles. The zero-order valence-corrected chi connectivity index (χ0v) is 15.9. The fourth-order valence-electron chi connectivity index (χ4n) is 2.49. The van der Waals surface area contributed by atoms with Gasteiger partial charge in [0.15, 0.2) is 6.04 Å². The highest BCUT2D eigenvalue weighted by Gasteiger charge is 2.32. The molecule has 25 heavy (non-hydrogen) atoms. The zero-order chi connectivity index (χ0) is 19.2. The van der Waals surface area contributed by atoms with Gasteiger partial charge in [-0.2, -0.15) is 0 Å². The van der Waals surface area contributed by atoms with Gasteiger partial charge in [-0.3, -0.25) is 0 Å². The Morgan fingerprint density at radius 2 is 1.72 bits per heavy atom. The summed E-state index contributed by atoms with van der Waals surface area (Å²) in [5, 5.41) is 12.1. The average Bonchev–Trinajstić information content (AvgIpc) is 2.48. The summed E-state index contributed by atoms with van der Waals surface area (Å²) < 4.78 is 5.71. The highest BCUT2D eigenvalue weighted by atomic mass is 16.5. The molecule has 0 aromatic heterocycles. The minimum absolute atomic E-state index is 0.0755. The first-order valence-corrected chi connectivity index (χ1v) is 8.53. The van der Waals surface area contributed by atoms with E-state index in [0.717, 1.165) is 5.56 Å². The Balaban J connectivity index is 2.86. The summed E-state index contributed by atoms with van der Waals surface area (Å²) in [5.41, 5.74) is 0.483. The molecule has 0 aliphatic rings. The SMILES string of the molecule is CC(C)N(Cc1ccccc1)C(=O)N[C@H](C(=O)O)[C@@H](C)OC(C)(C)C. The lowest BCUT2D eigenvalue weighted by molar-refractivity contribution is -0.146. The van der Waals surface area contributed by atoms with E-state index in [2.05, 4.69) is 5.32 Å². The number of nitrogens with zero attached hydrogens (tertiary/aromatic N) is 1. The van der Waals surface area contributed by atoms with Crippen molar-refractivity contribution in [2.75, 3.05) is 0 Å². The second-order valence-corrected chi connectivity index (χ2v) is 7.41. The Labute approximate surface area is 150 Å². The summed E-state index contributed by atoms with van der Waals surface area (Å²) in [7, 11) is 0. The maximum atomic E-state index is 12.7. The largest absolute Gasteiger partial charge is 0.480 e. The number of rotatable bonds is 7. The lowest BCUT2D eigenvalue weighted by atomic mass is 10.1. The predicted molar refractivity (Wildman–Crippen MR) is 97.4 cm³/mol. The van der Waals surface area contributed by atoms with Gasteiger partial charge in [0.05, 0.1) is 11.7 Å². The Morgan fingerprint density at radius 3 is 2.16 bits per heavy atom. The van der Waals surface area contributed by atoms with Crippen LogP contribution in [0.25, 0.3) is 0 Å². The van der Waals surface area contributed by atoms with Crippen molar-refractivity contribution in [1.82, 2.24) is 10.2 Å². The minimum atomic E-state index is -1.12. The Bertz CT molecular complexity index is 567. The van der Waals surface area contributed by atoms with Gasteiger partial charge in [0.2, 0.25) is 0 Å². The molecule has 0 radical (unpaired) electrons. The maximum Gasteiger partial charge on any atom is 0.328 e. The normalized spacial score (nSPS) is 14.0. The fraction of sp³-hybridized carbons (Fsp3) is 0.579. The van der Waals surface area contributed by atoms with Gasteiger partial charge in [-0.1, -0.05) is 30.3 Å². The van der Waals surface area contributed by atoms with Crippen molar-refractivity contribution in [2.24, 2.45) is 0 Å². The molecule has 0 bridgehead atoms. The maximum absolute atomic E-state index is 12.7. The van der Waals surface area contributed by atoms with Crippen LogP contribution in [0.1, 0.15) is 47.1 Å². The number of hydrogen-bond acceptors (Lipinski definition) is 3. The monoisotopic (exact) mass is 350 g/mol. The lowest BCUT2D eigenvalue weighted by Gasteiger charge is -2.32. The number of nitrogens with one attached hydrogen (secondary N) is 1. The van der Waals surface area contributed by atoms with E-state index >= 15 is 0 Å². The van der Waals surface area contributed by atoms with Crippen LogP contribution in [0, 0.1) is 0 Å². The van der Waals surface area contributed by atoms with E-state index < -0.39 is 29.7 Å². The number of ether oxygens (including phenoxy) is 1. The third-order valence-electron chi connectivity index (χ3n) is 3.63. The quantitative estimate of drug-likeness (QED) is 0.791. The van der Waals surface area contributed by atoms with Crippen molar-refractivity contribution < 1.29 is 19.4 Å². The van der Waals surface area contributed by atoms with Crippen molar-refractivity contribution in [3.63, 3.8) is 0 Å². The smallest absolute Gasteiger partial charge is 0.328 e. The Hall–Kier alpha value is -2.08. The Morgan fingerprint density at radius 1 is 1.16 bits per heavy atom. The van der Waals surface area contributed by atoms with E-state index in [0.29, 0.717) is 6.54 Å². The molecule has 140 valence electrons. The summed E-state index contributed by atoms with van der Waals surface area (Å²) in [6.45, 7) is 11.4. The fourth-order valence-corrected chi connectivity index (χ4v) is 2.49. The number of carboxylic acid groups (broad SMARTS) is 1.